The largest absolute Gasteiger partial charge is 0.295 e. The standard InChI is InChI=1S/C22H25Cl2N5/c1-28-12-16-10-17(23)6-7-20(16)29-21(13-28)26-27-22(29)15-4-2-14(3-5-15)19-11-18(24)8-9-25-19/h6-10,14-15,19H,2-5,11-13H2,1H3. The van der Waals surface area contributed by atoms with Crippen molar-refractivity contribution in [2.75, 3.05) is 7.05 Å². The van der Waals surface area contributed by atoms with E-state index in [1.54, 1.807) is 0 Å². The lowest BCUT2D eigenvalue weighted by Gasteiger charge is -2.32. The van der Waals surface area contributed by atoms with Gasteiger partial charge in [0.2, 0.25) is 0 Å². The fraction of sp³-hybridized carbons (Fsp3) is 0.500. The lowest BCUT2D eigenvalue weighted by molar-refractivity contribution is 0.276. The summed E-state index contributed by atoms with van der Waals surface area (Å²) in [5.41, 5.74) is 2.40. The SMILES string of the molecule is CN1Cc2cc(Cl)ccc2-n2c(nnc2C2CCC(C3CC(Cl)=CC=N3)CC2)C1. The molecule has 1 aliphatic carbocycles. The molecule has 0 saturated heterocycles. The van der Waals surface area contributed by atoms with E-state index in [2.05, 4.69) is 43.8 Å². The van der Waals surface area contributed by atoms with Crippen LogP contribution in [-0.2, 0) is 13.1 Å². The molecule has 5 rings (SSSR count). The summed E-state index contributed by atoms with van der Waals surface area (Å²) in [5, 5.41) is 10.9. The van der Waals surface area contributed by atoms with E-state index in [4.69, 9.17) is 23.2 Å². The van der Waals surface area contributed by atoms with Gasteiger partial charge in [0.25, 0.3) is 0 Å². The molecule has 1 fully saturated rings. The minimum absolute atomic E-state index is 0.334. The molecule has 1 unspecified atom stereocenters. The van der Waals surface area contributed by atoms with Crippen LogP contribution in [0.5, 0.6) is 0 Å². The van der Waals surface area contributed by atoms with E-state index < -0.39 is 0 Å². The quantitative estimate of drug-likeness (QED) is 0.666. The van der Waals surface area contributed by atoms with Crippen molar-refractivity contribution < 1.29 is 0 Å². The molecule has 1 aromatic heterocycles. The number of nitrogens with zero attached hydrogens (tertiary/aromatic N) is 5. The van der Waals surface area contributed by atoms with Gasteiger partial charge in [-0.1, -0.05) is 23.2 Å². The molecule has 5 nitrogen and oxygen atoms in total. The molecule has 1 atom stereocenters. The zero-order valence-electron chi connectivity index (χ0n) is 16.6. The van der Waals surface area contributed by atoms with Gasteiger partial charge in [0.1, 0.15) is 5.82 Å². The lowest BCUT2D eigenvalue weighted by Crippen LogP contribution is -2.26. The van der Waals surface area contributed by atoms with Gasteiger partial charge in [-0.25, -0.2) is 0 Å². The molecular weight excluding hydrogens is 405 g/mol. The van der Waals surface area contributed by atoms with Crippen LogP contribution in [-0.4, -0.2) is 39.0 Å². The molecule has 29 heavy (non-hydrogen) atoms. The molecule has 1 aromatic carbocycles. The summed E-state index contributed by atoms with van der Waals surface area (Å²) in [4.78, 5) is 6.95. The second kappa shape index (κ2) is 7.86. The van der Waals surface area contributed by atoms with E-state index >= 15 is 0 Å². The highest BCUT2D eigenvalue weighted by molar-refractivity contribution is 6.31. The topological polar surface area (TPSA) is 46.3 Å². The Morgan fingerprint density at radius 2 is 1.86 bits per heavy atom. The minimum atomic E-state index is 0.334. The summed E-state index contributed by atoms with van der Waals surface area (Å²) < 4.78 is 2.29. The van der Waals surface area contributed by atoms with Crippen LogP contribution in [0.25, 0.3) is 5.69 Å². The van der Waals surface area contributed by atoms with Crippen LogP contribution in [0.2, 0.25) is 5.02 Å². The Hall–Kier alpha value is -1.69. The molecule has 152 valence electrons. The van der Waals surface area contributed by atoms with Crippen molar-refractivity contribution in [1.29, 1.82) is 0 Å². The predicted molar refractivity (Wildman–Crippen MR) is 117 cm³/mol. The Kier molecular flexibility index (Phi) is 5.23. The Morgan fingerprint density at radius 3 is 2.66 bits per heavy atom. The third-order valence-electron chi connectivity index (χ3n) is 6.51. The maximum absolute atomic E-state index is 6.28. The predicted octanol–water partition coefficient (Wildman–Crippen LogP) is 5.11. The maximum atomic E-state index is 6.28. The smallest absolute Gasteiger partial charge is 0.151 e. The molecule has 0 amide bonds. The third kappa shape index (κ3) is 3.76. The van der Waals surface area contributed by atoms with Crippen LogP contribution in [0.3, 0.4) is 0 Å². The zero-order valence-corrected chi connectivity index (χ0v) is 18.1. The first-order valence-corrected chi connectivity index (χ1v) is 11.1. The molecule has 1 saturated carbocycles. The highest BCUT2D eigenvalue weighted by atomic mass is 35.5. The highest BCUT2D eigenvalue weighted by Gasteiger charge is 2.33. The number of halogens is 2. The molecule has 0 radical (unpaired) electrons. The monoisotopic (exact) mass is 429 g/mol. The van der Waals surface area contributed by atoms with Crippen molar-refractivity contribution in [3.8, 4) is 5.69 Å². The normalized spacial score (nSPS) is 27.1. The van der Waals surface area contributed by atoms with Gasteiger partial charge >= 0.3 is 0 Å². The van der Waals surface area contributed by atoms with E-state index in [-0.39, 0.29) is 0 Å². The van der Waals surface area contributed by atoms with Crippen LogP contribution in [0.15, 0.2) is 34.3 Å². The van der Waals surface area contributed by atoms with Crippen molar-refractivity contribution >= 4 is 29.4 Å². The van der Waals surface area contributed by atoms with Crippen molar-refractivity contribution in [3.05, 3.63) is 51.5 Å². The lowest BCUT2D eigenvalue weighted by atomic mass is 9.77. The zero-order chi connectivity index (χ0) is 20.0. The first-order chi connectivity index (χ1) is 14.1. The highest BCUT2D eigenvalue weighted by Crippen LogP contribution is 2.40. The van der Waals surface area contributed by atoms with E-state index in [0.29, 0.717) is 17.9 Å². The molecule has 0 bridgehead atoms. The summed E-state index contributed by atoms with van der Waals surface area (Å²) in [6.45, 7) is 1.65. The minimum Gasteiger partial charge on any atom is -0.295 e. The van der Waals surface area contributed by atoms with Crippen molar-refractivity contribution in [3.63, 3.8) is 0 Å². The summed E-state index contributed by atoms with van der Waals surface area (Å²) in [7, 11) is 2.12. The number of benzene rings is 1. The first kappa shape index (κ1) is 19.3. The fourth-order valence-electron chi connectivity index (χ4n) is 5.05. The van der Waals surface area contributed by atoms with Gasteiger partial charge in [0.15, 0.2) is 5.82 Å². The number of fused-ring (bicyclic) bond motifs is 3. The van der Waals surface area contributed by atoms with E-state index in [0.717, 1.165) is 66.9 Å². The number of hydrogen-bond acceptors (Lipinski definition) is 4. The number of aromatic nitrogens is 3. The molecule has 3 aliphatic rings. The molecule has 7 heteroatoms. The molecule has 0 N–H and O–H groups in total. The number of rotatable bonds is 2. The molecule has 0 spiro atoms. The van der Waals surface area contributed by atoms with Gasteiger partial charge in [-0.2, -0.15) is 0 Å². The van der Waals surface area contributed by atoms with Crippen molar-refractivity contribution in [1.82, 2.24) is 19.7 Å². The Labute approximate surface area is 181 Å². The number of allylic oxidation sites excluding steroid dienone is 1. The van der Waals surface area contributed by atoms with Gasteiger partial charge in [-0.15, -0.1) is 10.2 Å². The summed E-state index contributed by atoms with van der Waals surface area (Å²) in [6.07, 6.45) is 9.23. The Balaban J connectivity index is 1.40. The van der Waals surface area contributed by atoms with Crippen molar-refractivity contribution in [2.24, 2.45) is 10.9 Å². The fourth-order valence-corrected chi connectivity index (χ4v) is 5.46. The average molecular weight is 430 g/mol. The van der Waals surface area contributed by atoms with Crippen LogP contribution >= 0.6 is 23.2 Å². The average Bonchev–Trinajstić information content (AvgIpc) is 3.05. The third-order valence-corrected chi connectivity index (χ3v) is 7.02. The second-order valence-corrected chi connectivity index (χ2v) is 9.47. The van der Waals surface area contributed by atoms with E-state index in [1.807, 2.05) is 18.4 Å². The molecule has 3 heterocycles. The van der Waals surface area contributed by atoms with Gasteiger partial charge in [-0.3, -0.25) is 14.5 Å². The van der Waals surface area contributed by atoms with Crippen LogP contribution < -0.4 is 0 Å². The maximum Gasteiger partial charge on any atom is 0.151 e. The molecule has 2 aliphatic heterocycles. The van der Waals surface area contributed by atoms with Crippen LogP contribution in [0.1, 0.15) is 55.2 Å². The van der Waals surface area contributed by atoms with Gasteiger partial charge in [0.05, 0.1) is 18.3 Å². The van der Waals surface area contributed by atoms with E-state index in [9.17, 15) is 0 Å². The number of dihydropyridines is 1. The van der Waals surface area contributed by atoms with Gasteiger partial charge in [0, 0.05) is 35.2 Å². The van der Waals surface area contributed by atoms with Crippen LogP contribution in [0, 0.1) is 5.92 Å². The number of aliphatic imine (C=N–C) groups is 1. The van der Waals surface area contributed by atoms with E-state index in [1.165, 1.54) is 11.3 Å². The van der Waals surface area contributed by atoms with Gasteiger partial charge in [-0.05, 0) is 68.5 Å². The summed E-state index contributed by atoms with van der Waals surface area (Å²) in [5.74, 6) is 3.15. The molecule has 2 aromatic rings. The second-order valence-electron chi connectivity index (χ2n) is 8.55. The Morgan fingerprint density at radius 1 is 1.03 bits per heavy atom. The van der Waals surface area contributed by atoms with Gasteiger partial charge < -0.3 is 0 Å². The molecular formula is C22H25Cl2N5. The van der Waals surface area contributed by atoms with Crippen LogP contribution in [0.4, 0.5) is 0 Å². The summed E-state index contributed by atoms with van der Waals surface area (Å²) in [6, 6.07) is 6.49. The first-order valence-electron chi connectivity index (χ1n) is 10.4. The number of hydrogen-bond donors (Lipinski definition) is 0. The van der Waals surface area contributed by atoms with Crippen molar-refractivity contribution in [2.45, 2.75) is 57.2 Å². The summed E-state index contributed by atoms with van der Waals surface area (Å²) >= 11 is 12.5. The Bertz CT molecular complexity index is 972.